The lowest BCUT2D eigenvalue weighted by Gasteiger charge is -2.14. The molecule has 1 atom stereocenters. The van der Waals surface area contributed by atoms with Crippen LogP contribution in [0, 0.1) is 0 Å². The van der Waals surface area contributed by atoms with Gasteiger partial charge in [-0.05, 0) is 48.4 Å². The van der Waals surface area contributed by atoms with Crippen LogP contribution in [0.1, 0.15) is 24.1 Å². The Morgan fingerprint density at radius 1 is 1.21 bits per heavy atom. The minimum Gasteiger partial charge on any atom is -0.493 e. The fourth-order valence-corrected chi connectivity index (χ4v) is 3.19. The summed E-state index contributed by atoms with van der Waals surface area (Å²) in [6.45, 7) is 1.94. The number of imidazole rings is 1. The van der Waals surface area contributed by atoms with Crippen LogP contribution in [0.25, 0.3) is 11.8 Å². The molecule has 0 aliphatic heterocycles. The second kappa shape index (κ2) is 9.30. The number of hydrogen-bond donors (Lipinski definition) is 1. The summed E-state index contributed by atoms with van der Waals surface area (Å²) < 4.78 is 12.4. The molecular formula is C22H22ClN3O3. The lowest BCUT2D eigenvalue weighted by atomic mass is 10.1. The molecule has 1 unspecified atom stereocenters. The van der Waals surface area contributed by atoms with Crippen LogP contribution >= 0.6 is 11.6 Å². The van der Waals surface area contributed by atoms with Crippen molar-refractivity contribution in [1.29, 1.82) is 0 Å². The molecular weight excluding hydrogens is 390 g/mol. The van der Waals surface area contributed by atoms with E-state index in [1.807, 2.05) is 42.0 Å². The van der Waals surface area contributed by atoms with Gasteiger partial charge in [-0.2, -0.15) is 0 Å². The maximum Gasteiger partial charge on any atom is 0.244 e. The van der Waals surface area contributed by atoms with Crippen molar-refractivity contribution in [3.63, 3.8) is 0 Å². The molecule has 1 aromatic heterocycles. The second-order valence-electron chi connectivity index (χ2n) is 6.36. The number of benzene rings is 2. The summed E-state index contributed by atoms with van der Waals surface area (Å²) in [4.78, 5) is 16.4. The predicted octanol–water partition coefficient (Wildman–Crippen LogP) is 4.43. The van der Waals surface area contributed by atoms with E-state index in [9.17, 15) is 4.79 Å². The number of carbonyl (C=O) groups is 1. The van der Waals surface area contributed by atoms with Crippen molar-refractivity contribution in [2.75, 3.05) is 14.2 Å². The van der Waals surface area contributed by atoms with Gasteiger partial charge in [-0.25, -0.2) is 4.98 Å². The smallest absolute Gasteiger partial charge is 0.244 e. The van der Waals surface area contributed by atoms with E-state index in [0.717, 1.165) is 16.8 Å². The van der Waals surface area contributed by atoms with Crippen molar-refractivity contribution in [2.24, 2.45) is 0 Å². The zero-order valence-electron chi connectivity index (χ0n) is 16.4. The number of nitrogens with zero attached hydrogens (tertiary/aromatic N) is 2. The summed E-state index contributed by atoms with van der Waals surface area (Å²) >= 11 is 6.20. The second-order valence-corrected chi connectivity index (χ2v) is 6.77. The fraction of sp³-hybridized carbons (Fsp3) is 0.182. The molecule has 0 bridgehead atoms. The first kappa shape index (κ1) is 20.5. The third-order valence-electron chi connectivity index (χ3n) is 4.44. The van der Waals surface area contributed by atoms with E-state index in [4.69, 9.17) is 21.1 Å². The van der Waals surface area contributed by atoms with Gasteiger partial charge in [0.15, 0.2) is 11.5 Å². The largest absolute Gasteiger partial charge is 0.493 e. The molecule has 3 aromatic rings. The molecule has 0 saturated carbocycles. The van der Waals surface area contributed by atoms with Crippen LogP contribution in [0.2, 0.25) is 5.02 Å². The van der Waals surface area contributed by atoms with Crippen LogP contribution < -0.4 is 14.8 Å². The number of ether oxygens (including phenoxy) is 2. The first-order chi connectivity index (χ1) is 14.0. The number of nitrogens with one attached hydrogen (secondary N) is 1. The summed E-state index contributed by atoms with van der Waals surface area (Å²) in [6, 6.07) is 11.3. The van der Waals surface area contributed by atoms with Gasteiger partial charge < -0.3 is 19.4 Å². The third-order valence-corrected chi connectivity index (χ3v) is 4.72. The minimum atomic E-state index is -0.206. The van der Waals surface area contributed by atoms with Gasteiger partial charge in [0, 0.05) is 24.2 Å². The fourth-order valence-electron chi connectivity index (χ4n) is 2.90. The molecule has 0 fully saturated rings. The van der Waals surface area contributed by atoms with Crippen molar-refractivity contribution in [3.05, 3.63) is 77.3 Å². The van der Waals surface area contributed by atoms with Gasteiger partial charge in [-0.3, -0.25) is 4.79 Å². The zero-order chi connectivity index (χ0) is 20.8. The number of rotatable bonds is 7. The van der Waals surface area contributed by atoms with Gasteiger partial charge in [0.2, 0.25) is 5.91 Å². The van der Waals surface area contributed by atoms with Crippen LogP contribution in [-0.4, -0.2) is 29.7 Å². The SMILES string of the molecule is COc1cc(/C=C/C(=O)NC(C)c2ccc(-n3ccnc3)cc2)cc(Cl)c1OC. The molecule has 0 aliphatic carbocycles. The Morgan fingerprint density at radius 2 is 1.97 bits per heavy atom. The number of carbonyl (C=O) groups excluding carboxylic acids is 1. The van der Waals surface area contributed by atoms with Gasteiger partial charge in [0.05, 0.1) is 31.6 Å². The summed E-state index contributed by atoms with van der Waals surface area (Å²) in [7, 11) is 3.06. The van der Waals surface area contributed by atoms with E-state index in [1.54, 1.807) is 30.7 Å². The molecule has 6 nitrogen and oxygen atoms in total. The molecule has 0 spiro atoms. The van der Waals surface area contributed by atoms with Crippen molar-refractivity contribution >= 4 is 23.6 Å². The molecule has 150 valence electrons. The third kappa shape index (κ3) is 4.97. The van der Waals surface area contributed by atoms with E-state index in [1.165, 1.54) is 20.3 Å². The van der Waals surface area contributed by atoms with Crippen LogP contribution in [0.5, 0.6) is 11.5 Å². The van der Waals surface area contributed by atoms with E-state index in [0.29, 0.717) is 16.5 Å². The van der Waals surface area contributed by atoms with Crippen LogP contribution in [-0.2, 0) is 4.79 Å². The highest BCUT2D eigenvalue weighted by molar-refractivity contribution is 6.32. The molecule has 0 aliphatic rings. The molecule has 2 aromatic carbocycles. The Morgan fingerprint density at radius 3 is 2.59 bits per heavy atom. The van der Waals surface area contributed by atoms with Gasteiger partial charge in [-0.1, -0.05) is 23.7 Å². The molecule has 3 rings (SSSR count). The lowest BCUT2D eigenvalue weighted by Crippen LogP contribution is -2.24. The topological polar surface area (TPSA) is 65.4 Å². The summed E-state index contributed by atoms with van der Waals surface area (Å²) in [5.41, 5.74) is 2.75. The monoisotopic (exact) mass is 411 g/mol. The first-order valence-electron chi connectivity index (χ1n) is 9.00. The number of amides is 1. The van der Waals surface area contributed by atoms with E-state index in [-0.39, 0.29) is 11.9 Å². The van der Waals surface area contributed by atoms with Gasteiger partial charge in [0.1, 0.15) is 0 Å². The Kier molecular flexibility index (Phi) is 6.57. The Bertz CT molecular complexity index is 999. The summed E-state index contributed by atoms with van der Waals surface area (Å²) in [6.07, 6.45) is 8.50. The van der Waals surface area contributed by atoms with Crippen molar-refractivity contribution < 1.29 is 14.3 Å². The van der Waals surface area contributed by atoms with E-state index < -0.39 is 0 Å². The minimum absolute atomic E-state index is 0.141. The maximum absolute atomic E-state index is 12.3. The molecule has 1 amide bonds. The average molecular weight is 412 g/mol. The Balaban J connectivity index is 1.65. The Labute approximate surface area is 174 Å². The highest BCUT2D eigenvalue weighted by atomic mass is 35.5. The molecule has 1 heterocycles. The van der Waals surface area contributed by atoms with Crippen molar-refractivity contribution in [3.8, 4) is 17.2 Å². The number of aromatic nitrogens is 2. The molecule has 29 heavy (non-hydrogen) atoms. The van der Waals surface area contributed by atoms with E-state index >= 15 is 0 Å². The zero-order valence-corrected chi connectivity index (χ0v) is 17.2. The highest BCUT2D eigenvalue weighted by Crippen LogP contribution is 2.36. The number of halogens is 1. The number of methoxy groups -OCH3 is 2. The highest BCUT2D eigenvalue weighted by Gasteiger charge is 2.11. The standard InChI is InChI=1S/C22H22ClN3O3/c1-15(17-5-7-18(8-6-17)26-11-10-24-14-26)25-21(27)9-4-16-12-19(23)22(29-3)20(13-16)28-2/h4-15H,1-3H3,(H,25,27)/b9-4+. The molecule has 0 radical (unpaired) electrons. The normalized spacial score (nSPS) is 12.0. The lowest BCUT2D eigenvalue weighted by molar-refractivity contribution is -0.117. The van der Waals surface area contributed by atoms with Crippen molar-refractivity contribution in [2.45, 2.75) is 13.0 Å². The van der Waals surface area contributed by atoms with Crippen LogP contribution in [0.15, 0.2) is 61.2 Å². The number of hydrogen-bond acceptors (Lipinski definition) is 4. The molecule has 0 saturated heterocycles. The summed E-state index contributed by atoms with van der Waals surface area (Å²) in [5.74, 6) is 0.761. The quantitative estimate of drug-likeness (QED) is 0.584. The average Bonchev–Trinajstić information content (AvgIpc) is 3.26. The maximum atomic E-state index is 12.3. The van der Waals surface area contributed by atoms with Crippen molar-refractivity contribution in [1.82, 2.24) is 14.9 Å². The first-order valence-corrected chi connectivity index (χ1v) is 9.38. The van der Waals surface area contributed by atoms with E-state index in [2.05, 4.69) is 10.3 Å². The van der Waals surface area contributed by atoms with Gasteiger partial charge >= 0.3 is 0 Å². The Hall–Kier alpha value is -3.25. The van der Waals surface area contributed by atoms with Crippen LogP contribution in [0.4, 0.5) is 0 Å². The molecule has 7 heteroatoms. The van der Waals surface area contributed by atoms with Crippen LogP contribution in [0.3, 0.4) is 0 Å². The molecule has 1 N–H and O–H groups in total. The van der Waals surface area contributed by atoms with Gasteiger partial charge in [-0.15, -0.1) is 0 Å². The van der Waals surface area contributed by atoms with Gasteiger partial charge in [0.25, 0.3) is 0 Å². The summed E-state index contributed by atoms with van der Waals surface area (Å²) in [5, 5.41) is 3.37. The predicted molar refractivity (Wildman–Crippen MR) is 114 cm³/mol.